The van der Waals surface area contributed by atoms with Crippen LogP contribution in [0.1, 0.15) is 48.0 Å². The van der Waals surface area contributed by atoms with Crippen molar-refractivity contribution < 1.29 is 42.1 Å². The van der Waals surface area contributed by atoms with Crippen LogP contribution in [0.4, 0.5) is 30.8 Å². The molecule has 45 heavy (non-hydrogen) atoms. The first-order valence-corrected chi connectivity index (χ1v) is 14.2. The minimum absolute atomic E-state index is 0.0400. The number of hydrogen-bond donors (Lipinski definition) is 4. The number of nitrogens with zero attached hydrogens (tertiary/aromatic N) is 3. The number of rotatable bonds is 6. The summed E-state index contributed by atoms with van der Waals surface area (Å²) in [6.07, 6.45) is 2.33. The van der Waals surface area contributed by atoms with Crippen LogP contribution in [0.3, 0.4) is 0 Å². The monoisotopic (exact) mass is 630 g/mol. The first-order valence-electron chi connectivity index (χ1n) is 14.2. The third-order valence-electron chi connectivity index (χ3n) is 6.18. The second-order valence-electron chi connectivity index (χ2n) is 9.85. The lowest BCUT2D eigenvalue weighted by Crippen LogP contribution is -2.26. The second kappa shape index (κ2) is 16.1. The molecule has 2 aliphatic heterocycles. The highest BCUT2D eigenvalue weighted by molar-refractivity contribution is 5.97. The van der Waals surface area contributed by atoms with Crippen LogP contribution in [0.25, 0.3) is 0 Å². The summed E-state index contributed by atoms with van der Waals surface area (Å²) >= 11 is 0. The zero-order valence-corrected chi connectivity index (χ0v) is 24.2. The number of nitrogens with one attached hydrogen (secondary N) is 3. The van der Waals surface area contributed by atoms with Crippen molar-refractivity contribution in [1.82, 2.24) is 20.3 Å². The van der Waals surface area contributed by atoms with Crippen molar-refractivity contribution in [2.75, 3.05) is 37.0 Å². The molecule has 4 N–H and O–H groups in total. The van der Waals surface area contributed by atoms with E-state index in [0.29, 0.717) is 24.5 Å². The van der Waals surface area contributed by atoms with Gasteiger partial charge in [0.25, 0.3) is 5.91 Å². The predicted molar refractivity (Wildman–Crippen MR) is 158 cm³/mol. The summed E-state index contributed by atoms with van der Waals surface area (Å²) in [7, 11) is 0. The Labute approximate surface area is 257 Å². The molecule has 6 bridgehead atoms. The first kappa shape index (κ1) is 32.8. The van der Waals surface area contributed by atoms with Crippen LogP contribution in [0, 0.1) is 0 Å². The second-order valence-corrected chi connectivity index (χ2v) is 9.85. The van der Waals surface area contributed by atoms with E-state index in [0.717, 1.165) is 24.8 Å². The zero-order chi connectivity index (χ0) is 32.1. The number of carbonyl (C=O) groups is 2. The molecule has 0 unspecified atom stereocenters. The molecule has 0 saturated carbocycles. The van der Waals surface area contributed by atoms with Gasteiger partial charge in [0.15, 0.2) is 6.61 Å². The summed E-state index contributed by atoms with van der Waals surface area (Å²) in [5, 5.41) is 17.3. The Morgan fingerprint density at radius 3 is 2.38 bits per heavy atom. The lowest BCUT2D eigenvalue weighted by molar-refractivity contribution is -0.154. The maximum absolute atomic E-state index is 12.9. The standard InChI is InChI=1S/C30H33F3N6O6/c31-30(32,33)19-45-29-38-27-35-18-20-7-10-22(11-8-20)43-15-5-3-1-2-4-6-16-44-24-17-21(36-28(37-27)39-29)9-12-23(24)26(42)34-14-13-25(40)41/h1-2,7-12,17H,3-6,13-16,18-19H2,(H,34,42)(H,40,41)(H2,35,36,37,38,39)/b2-1-. The van der Waals surface area contributed by atoms with Gasteiger partial charge in [-0.3, -0.25) is 9.59 Å². The number of benzene rings is 2. The van der Waals surface area contributed by atoms with E-state index in [4.69, 9.17) is 19.3 Å². The molecule has 0 spiro atoms. The van der Waals surface area contributed by atoms with Crippen molar-refractivity contribution in [3.8, 4) is 17.5 Å². The predicted octanol–water partition coefficient (Wildman–Crippen LogP) is 5.26. The van der Waals surface area contributed by atoms with Crippen molar-refractivity contribution >= 4 is 29.5 Å². The van der Waals surface area contributed by atoms with Gasteiger partial charge in [0, 0.05) is 24.8 Å². The number of carbonyl (C=O) groups excluding carboxylic acids is 1. The summed E-state index contributed by atoms with van der Waals surface area (Å²) in [5.74, 6) is -0.828. The normalized spacial score (nSPS) is 14.9. The summed E-state index contributed by atoms with van der Waals surface area (Å²) in [4.78, 5) is 35.9. The Morgan fingerprint density at radius 1 is 0.956 bits per heavy atom. The molecule has 2 aromatic carbocycles. The third kappa shape index (κ3) is 11.5. The van der Waals surface area contributed by atoms with Crippen molar-refractivity contribution in [3.05, 3.63) is 65.7 Å². The minimum Gasteiger partial charge on any atom is -0.494 e. The maximum Gasteiger partial charge on any atom is 0.422 e. The van der Waals surface area contributed by atoms with E-state index in [1.165, 1.54) is 18.2 Å². The Bertz CT molecular complexity index is 1470. The third-order valence-corrected chi connectivity index (χ3v) is 6.18. The number of halogens is 3. The average Bonchev–Trinajstić information content (AvgIpc) is 2.99. The van der Waals surface area contributed by atoms with Gasteiger partial charge in [0.2, 0.25) is 11.9 Å². The van der Waals surface area contributed by atoms with Crippen LogP contribution < -0.4 is 30.2 Å². The van der Waals surface area contributed by atoms with Gasteiger partial charge in [-0.25, -0.2) is 0 Å². The van der Waals surface area contributed by atoms with Crippen LogP contribution >= 0.6 is 0 Å². The fraction of sp³-hybridized carbons (Fsp3) is 0.367. The maximum atomic E-state index is 12.9. The van der Waals surface area contributed by atoms with E-state index in [-0.39, 0.29) is 49.3 Å². The fourth-order valence-electron chi connectivity index (χ4n) is 4.01. The number of amides is 1. The molecule has 3 aromatic rings. The van der Waals surface area contributed by atoms with Gasteiger partial charge in [0.05, 0.1) is 25.2 Å². The van der Waals surface area contributed by atoms with E-state index in [1.807, 2.05) is 24.3 Å². The number of hydrogen-bond acceptors (Lipinski definition) is 10. The molecule has 15 heteroatoms. The summed E-state index contributed by atoms with van der Waals surface area (Å²) in [6, 6.07) is 11.3. The number of fused-ring (bicyclic) bond motifs is 11. The Kier molecular flexibility index (Phi) is 11.8. The molecular formula is C30H33F3N6O6. The summed E-state index contributed by atoms with van der Waals surface area (Å²) < 4.78 is 55.1. The van der Waals surface area contributed by atoms with Crippen LogP contribution in [-0.4, -0.2) is 64.5 Å². The summed E-state index contributed by atoms with van der Waals surface area (Å²) in [5.41, 5.74) is 1.38. The van der Waals surface area contributed by atoms with Gasteiger partial charge in [-0.1, -0.05) is 24.3 Å². The highest BCUT2D eigenvalue weighted by Gasteiger charge is 2.29. The molecule has 2 aliphatic rings. The first-order chi connectivity index (χ1) is 21.6. The molecular weight excluding hydrogens is 597 g/mol. The van der Waals surface area contributed by atoms with Crippen LogP contribution in [0.15, 0.2) is 54.6 Å². The van der Waals surface area contributed by atoms with Gasteiger partial charge in [-0.2, -0.15) is 28.1 Å². The van der Waals surface area contributed by atoms with E-state index < -0.39 is 30.7 Å². The van der Waals surface area contributed by atoms with Crippen LogP contribution in [-0.2, 0) is 11.3 Å². The Hall–Kier alpha value is -5.08. The number of anilines is 3. The lowest BCUT2D eigenvalue weighted by atomic mass is 10.1. The smallest absolute Gasteiger partial charge is 0.422 e. The molecule has 0 aliphatic carbocycles. The molecule has 0 saturated heterocycles. The largest absolute Gasteiger partial charge is 0.494 e. The van der Waals surface area contributed by atoms with Gasteiger partial charge in [-0.15, -0.1) is 0 Å². The minimum atomic E-state index is -4.61. The summed E-state index contributed by atoms with van der Waals surface area (Å²) in [6.45, 7) is -0.612. The fourth-order valence-corrected chi connectivity index (χ4v) is 4.01. The van der Waals surface area contributed by atoms with Crippen molar-refractivity contribution in [3.63, 3.8) is 0 Å². The van der Waals surface area contributed by atoms with E-state index in [2.05, 4.69) is 43.1 Å². The number of alkyl halides is 3. The molecule has 1 amide bonds. The van der Waals surface area contributed by atoms with Crippen LogP contribution in [0.5, 0.6) is 17.5 Å². The molecule has 5 rings (SSSR count). The van der Waals surface area contributed by atoms with Crippen LogP contribution in [0.2, 0.25) is 0 Å². The molecule has 0 radical (unpaired) electrons. The van der Waals surface area contributed by atoms with Gasteiger partial charge in [0.1, 0.15) is 11.5 Å². The van der Waals surface area contributed by atoms with Gasteiger partial charge < -0.3 is 35.3 Å². The average molecular weight is 631 g/mol. The number of aromatic nitrogens is 3. The molecule has 12 nitrogen and oxygen atoms in total. The zero-order valence-electron chi connectivity index (χ0n) is 24.2. The molecule has 3 heterocycles. The van der Waals surface area contributed by atoms with Crippen molar-refractivity contribution in [2.45, 2.75) is 44.8 Å². The number of carboxylic acid groups (broad SMARTS) is 1. The van der Waals surface area contributed by atoms with Crippen molar-refractivity contribution in [2.24, 2.45) is 0 Å². The van der Waals surface area contributed by atoms with E-state index in [9.17, 15) is 22.8 Å². The number of aliphatic carboxylic acids is 1. The van der Waals surface area contributed by atoms with Gasteiger partial charge >= 0.3 is 18.2 Å². The van der Waals surface area contributed by atoms with E-state index in [1.54, 1.807) is 0 Å². The van der Waals surface area contributed by atoms with Crippen molar-refractivity contribution in [1.29, 1.82) is 0 Å². The highest BCUT2D eigenvalue weighted by atomic mass is 19.4. The molecule has 0 atom stereocenters. The Morgan fingerprint density at radius 2 is 1.67 bits per heavy atom. The van der Waals surface area contributed by atoms with E-state index >= 15 is 0 Å². The Balaban J connectivity index is 1.61. The lowest BCUT2D eigenvalue weighted by Gasteiger charge is -2.15. The topological polar surface area (TPSA) is 157 Å². The number of carboxylic acids is 1. The highest BCUT2D eigenvalue weighted by Crippen LogP contribution is 2.27. The SMILES string of the molecule is O=C(O)CCNC(=O)c1ccc2cc1OCCC/C=C\CCCOc1ccc(cc1)CNc1nc(nc(OCC(F)(F)F)n1)N2. The molecule has 1 aromatic heterocycles. The number of allylic oxidation sites excluding steroid dienone is 2. The molecule has 0 fully saturated rings. The molecule has 240 valence electrons. The number of ether oxygens (including phenoxy) is 3. The van der Waals surface area contributed by atoms with Gasteiger partial charge in [-0.05, 0) is 55.5 Å². The quantitative estimate of drug-likeness (QED) is 0.264.